The molecule has 3 fully saturated rings. The van der Waals surface area contributed by atoms with Crippen molar-refractivity contribution in [3.05, 3.63) is 71.7 Å². The lowest BCUT2D eigenvalue weighted by Gasteiger charge is -2.56. The summed E-state index contributed by atoms with van der Waals surface area (Å²) in [5, 5.41) is 10.4. The molecule has 0 aliphatic carbocycles. The van der Waals surface area contributed by atoms with Crippen LogP contribution in [0.15, 0.2) is 59.8 Å². The smallest absolute Gasteiger partial charge is 0.410 e. The Morgan fingerprint density at radius 1 is 1.09 bits per heavy atom. The molecule has 3 aliphatic rings. The highest BCUT2D eigenvalue weighted by atomic mass is 32.2. The summed E-state index contributed by atoms with van der Waals surface area (Å²) in [7, 11) is -4.11. The summed E-state index contributed by atoms with van der Waals surface area (Å²) in [5.74, 6) is 0.730. The Morgan fingerprint density at radius 2 is 1.80 bits per heavy atom. The van der Waals surface area contributed by atoms with Crippen molar-refractivity contribution in [2.24, 2.45) is 0 Å². The Bertz CT molecular complexity index is 1880. The van der Waals surface area contributed by atoms with Crippen LogP contribution in [0.1, 0.15) is 44.0 Å². The maximum atomic E-state index is 13.8. The number of anilines is 1. The van der Waals surface area contributed by atoms with E-state index in [2.05, 4.69) is 16.0 Å². The third-order valence-corrected chi connectivity index (χ3v) is 9.80. The van der Waals surface area contributed by atoms with Gasteiger partial charge in [0, 0.05) is 54.1 Å². The molecule has 2 unspecified atom stereocenters. The molecule has 1 amide bonds. The summed E-state index contributed by atoms with van der Waals surface area (Å²) in [4.78, 5) is 25.7. The molecule has 12 heteroatoms. The first-order chi connectivity index (χ1) is 20.9. The van der Waals surface area contributed by atoms with Crippen LogP contribution in [-0.4, -0.2) is 70.8 Å². The molecule has 0 spiro atoms. The van der Waals surface area contributed by atoms with Gasteiger partial charge < -0.3 is 9.64 Å². The van der Waals surface area contributed by atoms with E-state index in [1.165, 1.54) is 18.3 Å². The maximum Gasteiger partial charge on any atom is 0.410 e. The molecule has 3 saturated heterocycles. The summed E-state index contributed by atoms with van der Waals surface area (Å²) < 4.78 is 47.9. The minimum absolute atomic E-state index is 0.0410. The normalized spacial score (nSPS) is 18.2. The molecule has 3 aromatic heterocycles. The van der Waals surface area contributed by atoms with E-state index < -0.39 is 22.3 Å². The first-order valence-electron chi connectivity index (χ1n) is 14.5. The van der Waals surface area contributed by atoms with Crippen molar-refractivity contribution in [2.45, 2.75) is 63.1 Å². The van der Waals surface area contributed by atoms with Gasteiger partial charge in [0.2, 0.25) is 0 Å². The van der Waals surface area contributed by atoms with Gasteiger partial charge >= 0.3 is 6.09 Å². The average Bonchev–Trinajstić information content (AvgIpc) is 3.35. The van der Waals surface area contributed by atoms with Crippen LogP contribution in [0, 0.1) is 18.3 Å². The van der Waals surface area contributed by atoms with Crippen LogP contribution >= 0.6 is 0 Å². The number of aryl methyl sites for hydroxylation is 2. The van der Waals surface area contributed by atoms with Crippen molar-refractivity contribution >= 4 is 33.0 Å². The number of amides is 1. The minimum Gasteiger partial charge on any atom is -0.444 e. The van der Waals surface area contributed by atoms with Crippen LogP contribution < -0.4 is 4.90 Å². The van der Waals surface area contributed by atoms with E-state index in [0.717, 1.165) is 21.8 Å². The first-order valence-corrected chi connectivity index (χ1v) is 15.9. The molecule has 0 radical (unpaired) electrons. The van der Waals surface area contributed by atoms with E-state index in [4.69, 9.17) is 9.72 Å². The molecule has 10 nitrogen and oxygen atoms in total. The van der Waals surface area contributed by atoms with Crippen LogP contribution in [0.5, 0.6) is 0 Å². The van der Waals surface area contributed by atoms with Crippen molar-refractivity contribution in [3.63, 3.8) is 0 Å². The number of fused-ring (bicyclic) bond motifs is 3. The molecule has 3 aliphatic heterocycles. The number of ether oxygens (including phenoxy) is 1. The topological polar surface area (TPSA) is 121 Å². The number of piperazine rings is 1. The van der Waals surface area contributed by atoms with E-state index in [9.17, 15) is 22.9 Å². The number of pyridine rings is 2. The summed E-state index contributed by atoms with van der Waals surface area (Å²) in [6, 6.07) is 14.0. The van der Waals surface area contributed by atoms with E-state index in [1.807, 2.05) is 44.7 Å². The number of hydrogen-bond acceptors (Lipinski definition) is 8. The lowest BCUT2D eigenvalue weighted by molar-refractivity contribution is -0.0380. The fourth-order valence-electron chi connectivity index (χ4n) is 6.06. The second kappa shape index (κ2) is 10.9. The fraction of sp³-hybridized carbons (Fsp3) is 0.375. The lowest BCUT2D eigenvalue weighted by Crippen LogP contribution is -2.70. The predicted octanol–water partition coefficient (Wildman–Crippen LogP) is 5.23. The molecule has 1 aromatic carbocycles. The largest absolute Gasteiger partial charge is 0.444 e. The average molecular weight is 617 g/mol. The Balaban J connectivity index is 1.34. The maximum absolute atomic E-state index is 13.8. The number of carbonyl (C=O) groups excluding carboxylic acids is 1. The molecule has 2 atom stereocenters. The van der Waals surface area contributed by atoms with E-state index >= 15 is 0 Å². The number of halogens is 1. The second-order valence-corrected chi connectivity index (χ2v) is 14.1. The summed E-state index contributed by atoms with van der Waals surface area (Å²) in [6.07, 6.45) is 3.47. The Kier molecular flexibility index (Phi) is 7.32. The quantitative estimate of drug-likeness (QED) is 0.289. The van der Waals surface area contributed by atoms with E-state index in [1.54, 1.807) is 24.4 Å². The Labute approximate surface area is 255 Å². The predicted molar refractivity (Wildman–Crippen MR) is 164 cm³/mol. The zero-order valence-corrected chi connectivity index (χ0v) is 25.8. The number of rotatable bonds is 6. The number of piperidine rings is 1. The van der Waals surface area contributed by atoms with Gasteiger partial charge in [0.05, 0.1) is 29.2 Å². The zero-order chi connectivity index (χ0) is 31.4. The number of nitriles is 1. The molecule has 4 aromatic rings. The van der Waals surface area contributed by atoms with Crippen molar-refractivity contribution in [1.29, 1.82) is 5.26 Å². The number of alkyl halides is 1. The van der Waals surface area contributed by atoms with Crippen molar-refractivity contribution in [1.82, 2.24) is 18.8 Å². The minimum atomic E-state index is -4.11. The first kappa shape index (κ1) is 29.6. The van der Waals surface area contributed by atoms with Gasteiger partial charge in [0.15, 0.2) is 5.65 Å². The van der Waals surface area contributed by atoms with Crippen molar-refractivity contribution in [3.8, 4) is 17.2 Å². The van der Waals surface area contributed by atoms with Crippen molar-refractivity contribution in [2.75, 3.05) is 24.7 Å². The Morgan fingerprint density at radius 3 is 2.39 bits per heavy atom. The van der Waals surface area contributed by atoms with Crippen LogP contribution in [0.2, 0.25) is 0 Å². The van der Waals surface area contributed by atoms with Gasteiger partial charge in [-0.2, -0.15) is 5.26 Å². The highest BCUT2D eigenvalue weighted by molar-refractivity contribution is 7.90. The van der Waals surface area contributed by atoms with Gasteiger partial charge in [-0.3, -0.25) is 9.29 Å². The molecule has 2 bridgehead atoms. The summed E-state index contributed by atoms with van der Waals surface area (Å²) >= 11 is 0. The number of benzene rings is 1. The highest BCUT2D eigenvalue weighted by Crippen LogP contribution is 2.38. The standard InChI is InChI=1S/C32H33FN6O4S/c1-20-5-8-26(9-6-20)44(41,42)39-23(11-12-33)14-27-29(22(15-34)17-36-30(27)39)21-7-10-28(35-16-21)37-18-24-13-25(19-37)38(24)31(40)43-32(2,3)4/h5-10,14,16-17,24-25H,11-13,18-19H2,1-4H3. The fourth-order valence-corrected chi connectivity index (χ4v) is 7.57. The van der Waals surface area contributed by atoms with Crippen molar-refractivity contribution < 1.29 is 22.3 Å². The molecule has 228 valence electrons. The highest BCUT2D eigenvalue weighted by Gasteiger charge is 2.49. The van der Waals surface area contributed by atoms with Gasteiger partial charge in [-0.25, -0.2) is 27.2 Å². The third-order valence-electron chi connectivity index (χ3n) is 8.05. The third kappa shape index (κ3) is 5.15. The molecular formula is C32H33FN6O4S. The Hall–Kier alpha value is -4.50. The summed E-state index contributed by atoms with van der Waals surface area (Å²) in [6.45, 7) is 7.90. The molecular weight excluding hydrogens is 583 g/mol. The van der Waals surface area contributed by atoms with E-state index in [0.29, 0.717) is 29.6 Å². The van der Waals surface area contributed by atoms with Crippen LogP contribution in [-0.2, 0) is 21.2 Å². The zero-order valence-electron chi connectivity index (χ0n) is 25.0. The molecule has 0 N–H and O–H groups in total. The number of hydrogen-bond donors (Lipinski definition) is 0. The molecule has 0 saturated carbocycles. The summed E-state index contributed by atoms with van der Waals surface area (Å²) in [5.41, 5.74) is 2.03. The molecule has 6 heterocycles. The number of carbonyl (C=O) groups is 1. The number of nitrogens with zero attached hydrogens (tertiary/aromatic N) is 6. The van der Waals surface area contributed by atoms with Gasteiger partial charge in [-0.15, -0.1) is 0 Å². The van der Waals surface area contributed by atoms with Gasteiger partial charge in [0.25, 0.3) is 10.0 Å². The monoisotopic (exact) mass is 616 g/mol. The van der Waals surface area contributed by atoms with Gasteiger partial charge in [-0.05, 0) is 64.4 Å². The van der Waals surface area contributed by atoms with Crippen LogP contribution in [0.4, 0.5) is 15.0 Å². The van der Waals surface area contributed by atoms with Crippen LogP contribution in [0.3, 0.4) is 0 Å². The van der Waals surface area contributed by atoms with Crippen LogP contribution in [0.25, 0.3) is 22.2 Å². The second-order valence-electron chi connectivity index (χ2n) is 12.3. The SMILES string of the molecule is Cc1ccc(S(=O)(=O)n2c(CCF)cc3c(-c4ccc(N5CC6CC(C5)N6C(=O)OC(C)(C)C)nc4)c(C#N)cnc32)cc1. The number of aromatic nitrogens is 3. The van der Waals surface area contributed by atoms with Gasteiger partial charge in [-0.1, -0.05) is 17.7 Å². The molecule has 44 heavy (non-hydrogen) atoms. The van der Waals surface area contributed by atoms with E-state index in [-0.39, 0.29) is 46.4 Å². The van der Waals surface area contributed by atoms with Gasteiger partial charge in [0.1, 0.15) is 17.5 Å². The lowest BCUT2D eigenvalue weighted by atomic mass is 9.88. The molecule has 7 rings (SSSR count).